The lowest BCUT2D eigenvalue weighted by molar-refractivity contribution is -0.121. The zero-order chi connectivity index (χ0) is 21.4. The van der Waals surface area contributed by atoms with Gasteiger partial charge < -0.3 is 9.84 Å². The number of ether oxygens (including phenoxy) is 1. The van der Waals surface area contributed by atoms with Crippen LogP contribution in [0.15, 0.2) is 36.1 Å². The van der Waals surface area contributed by atoms with Crippen LogP contribution < -0.4 is 0 Å². The fourth-order valence-corrected chi connectivity index (χ4v) is 6.22. The fourth-order valence-electron chi connectivity index (χ4n) is 5.77. The van der Waals surface area contributed by atoms with E-state index in [2.05, 4.69) is 4.98 Å². The molecule has 1 aromatic heterocycles. The summed E-state index contributed by atoms with van der Waals surface area (Å²) >= 11 is 12.3. The molecule has 3 aliphatic rings. The third-order valence-corrected chi connectivity index (χ3v) is 7.70. The second-order valence-corrected chi connectivity index (χ2v) is 9.75. The van der Waals surface area contributed by atoms with Crippen molar-refractivity contribution in [3.63, 3.8) is 0 Å². The van der Waals surface area contributed by atoms with Crippen LogP contribution in [-0.4, -0.2) is 27.1 Å². The highest BCUT2D eigenvalue weighted by atomic mass is 35.5. The molecule has 0 unspecified atom stereocenters. The van der Waals surface area contributed by atoms with Crippen LogP contribution in [-0.2, 0) is 16.0 Å². The van der Waals surface area contributed by atoms with E-state index in [9.17, 15) is 9.90 Å². The standard InChI is InChI=1S/C24H23Cl2NO3/c1-4-12-5-6-13(14-7-8-16(25)27-22(14)26)11-15(12)17-20(28)18-19(21(17)29)24(3)10-9-23(18,2)30-24/h5-8,11,18-19,28H,4,9-10H2,1-3H3/t18-,19+,23-,24+/m1/s1. The van der Waals surface area contributed by atoms with Crippen molar-refractivity contribution in [2.45, 2.75) is 51.2 Å². The molecule has 2 bridgehead atoms. The summed E-state index contributed by atoms with van der Waals surface area (Å²) in [6.07, 6.45) is 2.43. The summed E-state index contributed by atoms with van der Waals surface area (Å²) in [6.45, 7) is 6.07. The SMILES string of the molecule is CCc1ccc(-c2ccc(Cl)nc2Cl)cc1C1=C(O)[C@H]2[C@@H](C1=O)[C@]1(C)CC[C@@]2(C)O1. The molecule has 2 aliphatic heterocycles. The lowest BCUT2D eigenvalue weighted by Gasteiger charge is -2.30. The van der Waals surface area contributed by atoms with Gasteiger partial charge in [-0.3, -0.25) is 4.79 Å². The number of Topliss-reactive ketones (excluding diaryl/α,β-unsaturated/α-hetero) is 1. The summed E-state index contributed by atoms with van der Waals surface area (Å²) in [5.74, 6) is -0.466. The normalized spacial score (nSPS) is 32.2. The second kappa shape index (κ2) is 6.56. The first-order chi connectivity index (χ1) is 14.2. The second-order valence-electron chi connectivity index (χ2n) is 9.01. The van der Waals surface area contributed by atoms with E-state index in [1.807, 2.05) is 45.0 Å². The van der Waals surface area contributed by atoms with Crippen molar-refractivity contribution in [3.8, 4) is 11.1 Å². The van der Waals surface area contributed by atoms with Crippen molar-refractivity contribution >= 4 is 34.6 Å². The number of hydrogen-bond acceptors (Lipinski definition) is 4. The summed E-state index contributed by atoms with van der Waals surface area (Å²) in [5.41, 5.74) is 2.77. The number of aliphatic hydroxyl groups excluding tert-OH is 1. The van der Waals surface area contributed by atoms with Crippen LogP contribution in [0.1, 0.15) is 44.7 Å². The predicted octanol–water partition coefficient (Wildman–Crippen LogP) is 6.04. The number of rotatable bonds is 3. The molecule has 156 valence electrons. The number of aryl methyl sites for hydroxylation is 1. The smallest absolute Gasteiger partial charge is 0.173 e. The molecule has 2 fully saturated rings. The van der Waals surface area contributed by atoms with Gasteiger partial charge in [-0.25, -0.2) is 4.98 Å². The number of fused-ring (bicyclic) bond motifs is 5. The molecule has 0 amide bonds. The number of nitrogens with zero attached hydrogens (tertiary/aromatic N) is 1. The van der Waals surface area contributed by atoms with Crippen molar-refractivity contribution in [2.75, 3.05) is 0 Å². The molecule has 2 saturated heterocycles. The lowest BCUT2D eigenvalue weighted by atomic mass is 9.68. The monoisotopic (exact) mass is 443 g/mol. The van der Waals surface area contributed by atoms with Gasteiger partial charge in [-0.1, -0.05) is 42.3 Å². The molecule has 30 heavy (non-hydrogen) atoms. The van der Waals surface area contributed by atoms with E-state index < -0.39 is 11.2 Å². The van der Waals surface area contributed by atoms with Crippen molar-refractivity contribution in [1.29, 1.82) is 0 Å². The molecule has 1 N–H and O–H groups in total. The number of pyridine rings is 1. The number of allylic oxidation sites excluding steroid dienone is 1. The van der Waals surface area contributed by atoms with Crippen molar-refractivity contribution in [1.82, 2.24) is 4.98 Å². The van der Waals surface area contributed by atoms with Crippen LogP contribution in [0.3, 0.4) is 0 Å². The lowest BCUT2D eigenvalue weighted by Crippen LogP contribution is -2.39. The fraction of sp³-hybridized carbons (Fsp3) is 0.417. The van der Waals surface area contributed by atoms with Crippen LogP contribution in [0.25, 0.3) is 16.7 Å². The summed E-state index contributed by atoms with van der Waals surface area (Å²) in [4.78, 5) is 17.7. The van der Waals surface area contributed by atoms with Gasteiger partial charge in [0.1, 0.15) is 16.1 Å². The van der Waals surface area contributed by atoms with E-state index >= 15 is 0 Å². The summed E-state index contributed by atoms with van der Waals surface area (Å²) in [5, 5.41) is 11.9. The van der Waals surface area contributed by atoms with E-state index in [0.29, 0.717) is 15.9 Å². The largest absolute Gasteiger partial charge is 0.511 e. The molecule has 0 spiro atoms. The van der Waals surface area contributed by atoms with Crippen LogP contribution in [0.5, 0.6) is 0 Å². The number of aromatic nitrogens is 1. The average molecular weight is 444 g/mol. The van der Waals surface area contributed by atoms with Gasteiger partial charge >= 0.3 is 0 Å². The van der Waals surface area contributed by atoms with Crippen LogP contribution in [0.4, 0.5) is 0 Å². The Hall–Kier alpha value is -1.88. The Bertz CT molecular complexity index is 1130. The molecule has 2 aromatic rings. The Kier molecular flexibility index (Phi) is 4.38. The predicted molar refractivity (Wildman–Crippen MR) is 118 cm³/mol. The highest BCUT2D eigenvalue weighted by Crippen LogP contribution is 2.63. The van der Waals surface area contributed by atoms with Gasteiger partial charge in [0.15, 0.2) is 5.78 Å². The van der Waals surface area contributed by atoms with Crippen LogP contribution >= 0.6 is 23.2 Å². The topological polar surface area (TPSA) is 59.4 Å². The van der Waals surface area contributed by atoms with Gasteiger partial charge in [-0.05, 0) is 68.0 Å². The number of hydrogen-bond donors (Lipinski definition) is 1. The Labute approximate surface area is 185 Å². The summed E-state index contributed by atoms with van der Waals surface area (Å²) in [6, 6.07) is 9.40. The van der Waals surface area contributed by atoms with Crippen LogP contribution in [0, 0.1) is 11.8 Å². The van der Waals surface area contributed by atoms with Gasteiger partial charge in [-0.2, -0.15) is 0 Å². The first-order valence-electron chi connectivity index (χ1n) is 10.3. The van der Waals surface area contributed by atoms with Gasteiger partial charge in [0.05, 0.1) is 28.6 Å². The highest BCUT2D eigenvalue weighted by Gasteiger charge is 2.69. The van der Waals surface area contributed by atoms with Gasteiger partial charge in [-0.15, -0.1) is 0 Å². The minimum atomic E-state index is -0.514. The summed E-state index contributed by atoms with van der Waals surface area (Å²) < 4.78 is 6.26. The molecule has 4 nitrogen and oxygen atoms in total. The molecule has 3 heterocycles. The van der Waals surface area contributed by atoms with Crippen LogP contribution in [0.2, 0.25) is 10.3 Å². The van der Waals surface area contributed by atoms with E-state index in [4.69, 9.17) is 27.9 Å². The van der Waals surface area contributed by atoms with Gasteiger partial charge in [0.2, 0.25) is 0 Å². The maximum atomic E-state index is 13.6. The molecule has 4 atom stereocenters. The number of ketones is 1. The van der Waals surface area contributed by atoms with E-state index in [-0.39, 0.29) is 23.4 Å². The molecule has 6 heteroatoms. The zero-order valence-electron chi connectivity index (χ0n) is 17.1. The molecule has 0 saturated carbocycles. The van der Waals surface area contributed by atoms with E-state index in [1.165, 1.54) is 0 Å². The summed E-state index contributed by atoms with van der Waals surface area (Å²) in [7, 11) is 0. The molecule has 1 aliphatic carbocycles. The third kappa shape index (κ3) is 2.63. The maximum Gasteiger partial charge on any atom is 0.173 e. The average Bonchev–Trinajstić information content (AvgIpc) is 3.25. The minimum absolute atomic E-state index is 0.0180. The van der Waals surface area contributed by atoms with Crippen molar-refractivity contribution < 1.29 is 14.6 Å². The number of carbonyl (C=O) groups is 1. The first kappa shape index (κ1) is 20.0. The maximum absolute atomic E-state index is 13.6. The molecular formula is C24H23Cl2NO3. The van der Waals surface area contributed by atoms with Gasteiger partial charge in [0, 0.05) is 5.56 Å². The molecule has 5 rings (SSSR count). The zero-order valence-corrected chi connectivity index (χ0v) is 18.6. The Morgan fingerprint density at radius 2 is 1.80 bits per heavy atom. The van der Waals surface area contributed by atoms with E-state index in [0.717, 1.165) is 41.5 Å². The van der Waals surface area contributed by atoms with E-state index in [1.54, 1.807) is 6.07 Å². The Morgan fingerprint density at radius 3 is 2.43 bits per heavy atom. The number of aliphatic hydroxyl groups is 1. The number of halogens is 2. The third-order valence-electron chi connectivity index (χ3n) is 7.20. The molecule has 1 aromatic carbocycles. The highest BCUT2D eigenvalue weighted by molar-refractivity contribution is 6.34. The Balaban J connectivity index is 1.67. The van der Waals surface area contributed by atoms with Crippen molar-refractivity contribution in [3.05, 3.63) is 57.5 Å². The minimum Gasteiger partial charge on any atom is -0.511 e. The number of carbonyl (C=O) groups excluding carboxylic acids is 1. The number of benzene rings is 1. The first-order valence-corrected chi connectivity index (χ1v) is 11.1. The molecule has 0 radical (unpaired) electrons. The molecular weight excluding hydrogens is 421 g/mol. The quantitative estimate of drug-likeness (QED) is 0.586. The van der Waals surface area contributed by atoms with Gasteiger partial charge in [0.25, 0.3) is 0 Å². The van der Waals surface area contributed by atoms with Crippen molar-refractivity contribution in [2.24, 2.45) is 11.8 Å². The Morgan fingerprint density at radius 1 is 1.10 bits per heavy atom.